The summed E-state index contributed by atoms with van der Waals surface area (Å²) in [6.45, 7) is 0. The van der Waals surface area contributed by atoms with Gasteiger partial charge in [-0.15, -0.1) is 22.4 Å². The van der Waals surface area contributed by atoms with Crippen LogP contribution in [0.2, 0.25) is 0 Å². The second kappa shape index (κ2) is 16.1. The highest BCUT2D eigenvalue weighted by Gasteiger charge is 2.51. The van der Waals surface area contributed by atoms with Gasteiger partial charge in [0, 0.05) is 0 Å². The average Bonchev–Trinajstić information content (AvgIpc) is 3.29. The van der Waals surface area contributed by atoms with E-state index in [1.54, 1.807) is 0 Å². The molecule has 29 heteroatoms. The summed E-state index contributed by atoms with van der Waals surface area (Å²) in [5.74, 6) is -99.9. The minimum absolute atomic E-state index is 0.0665. The van der Waals surface area contributed by atoms with Crippen molar-refractivity contribution in [2.24, 2.45) is 0 Å². The lowest BCUT2D eigenvalue weighted by atomic mass is 9.14. The van der Waals surface area contributed by atoms with Gasteiger partial charge < -0.3 is 0 Å². The SMILES string of the molecule is N#C[B-](c1c(F)c(F)c(F)c(F)c1-c1c(F)c(F)c(F)c(F)c1F)(c1c(F)c(F)c(F)c(F)c1-c1c(F)c(F)c(F)c(F)c1F)c1c(F)c(F)c(F)c(F)c1-c1c(F)c(F)c(F)c(F)c1F. The van der Waals surface area contributed by atoms with Gasteiger partial charge in [0.25, 0.3) is 0 Å². The van der Waals surface area contributed by atoms with Gasteiger partial charge in [0.1, 0.15) is 17.5 Å². The summed E-state index contributed by atoms with van der Waals surface area (Å²) in [6, 6.07) is 0. The van der Waals surface area contributed by atoms with Crippen molar-refractivity contribution >= 4 is 22.5 Å². The first-order valence-corrected chi connectivity index (χ1v) is 16.2. The van der Waals surface area contributed by atoms with Gasteiger partial charge in [-0.25, -0.2) is 124 Å². The highest BCUT2D eigenvalue weighted by molar-refractivity contribution is 7.18. The number of nitriles is 1. The smallest absolute Gasteiger partial charge is 0.200 e. The molecule has 0 aromatic heterocycles. The third-order valence-corrected chi connectivity index (χ3v) is 9.78. The molecule has 0 unspecified atom stereocenters. The van der Waals surface area contributed by atoms with E-state index in [9.17, 15) is 44.8 Å². The number of hydrogen-bond acceptors (Lipinski definition) is 1. The first-order valence-electron chi connectivity index (χ1n) is 16.2. The summed E-state index contributed by atoms with van der Waals surface area (Å²) in [5.41, 5.74) is -32.6. The van der Waals surface area contributed by atoms with Gasteiger partial charge >= 0.3 is 0 Å². The van der Waals surface area contributed by atoms with Crippen LogP contribution >= 0.6 is 0 Å². The van der Waals surface area contributed by atoms with Gasteiger partial charge in [-0.2, -0.15) is 0 Å². The largest absolute Gasteiger partial charge is 0.248 e. The van der Waals surface area contributed by atoms with Crippen LogP contribution in [0.3, 0.4) is 0 Å². The fraction of sp³-hybridized carbons (Fsp3) is 0. The van der Waals surface area contributed by atoms with Gasteiger partial charge in [-0.3, -0.25) is 0 Å². The fourth-order valence-corrected chi connectivity index (χ4v) is 7.00. The Labute approximate surface area is 343 Å². The van der Waals surface area contributed by atoms with Crippen LogP contribution in [0.15, 0.2) is 0 Å². The molecule has 0 spiro atoms. The highest BCUT2D eigenvalue weighted by Crippen LogP contribution is 2.42. The molecule has 0 bridgehead atoms. The predicted octanol–water partition coefficient (Wildman–Crippen LogP) is 11.0. The minimum Gasteiger partial charge on any atom is -0.248 e. The Kier molecular flexibility index (Phi) is 11.9. The predicted molar refractivity (Wildman–Crippen MR) is 165 cm³/mol. The molecule has 6 aromatic rings. The molecule has 0 amide bonds. The molecule has 0 saturated carbocycles. The van der Waals surface area contributed by atoms with Gasteiger partial charge in [-0.05, 0) is 16.7 Å². The molecule has 0 radical (unpaired) electrons. The molecule has 0 heterocycles. The Morgan fingerprint density at radius 2 is 0.303 bits per heavy atom. The van der Waals surface area contributed by atoms with Crippen LogP contribution < -0.4 is 16.4 Å². The Balaban J connectivity index is 2.20. The maximum atomic E-state index is 16.7. The molecule has 66 heavy (non-hydrogen) atoms. The number of benzene rings is 6. The Morgan fingerprint density at radius 3 is 0.455 bits per heavy atom. The van der Waals surface area contributed by atoms with E-state index in [1.165, 1.54) is 0 Å². The molecule has 6 rings (SSSR count). The lowest BCUT2D eigenvalue weighted by Gasteiger charge is -2.42. The van der Waals surface area contributed by atoms with Crippen molar-refractivity contribution in [2.45, 2.75) is 0 Å². The summed E-state index contributed by atoms with van der Waals surface area (Å²) in [5, 5.41) is 10.8. The number of rotatable bonds is 6. The standard InChI is InChI=1S/C37BF27N/c39-11-2(5-14(42)26(54)35(63)27(55)15(5)43)8(20(48)32(60)23(11)51)38(1-66,9-3(12(40)24(52)33(61)21(9)49)6-16(44)28(56)36(64)29(57)17(6)45)10-4(13(41)25(53)34(62)22(10)50)7-18(46)30(58)37(65)31(59)19(7)47/q-1. The monoisotopic (exact) mass is 982 g/mol. The molecule has 0 aliphatic carbocycles. The molecule has 346 valence electrons. The van der Waals surface area contributed by atoms with Gasteiger partial charge in [0.15, 0.2) is 128 Å². The van der Waals surface area contributed by atoms with Gasteiger partial charge in [-0.1, -0.05) is 0 Å². The van der Waals surface area contributed by atoms with Crippen molar-refractivity contribution in [1.82, 2.24) is 0 Å². The Hall–Kier alpha value is -7.02. The first-order chi connectivity index (χ1) is 30.5. The van der Waals surface area contributed by atoms with Crippen LogP contribution in [0.5, 0.6) is 0 Å². The molecule has 0 fully saturated rings. The Bertz CT molecular complexity index is 2830. The van der Waals surface area contributed by atoms with Gasteiger partial charge in [0.2, 0.25) is 17.5 Å². The van der Waals surface area contributed by atoms with Crippen LogP contribution in [0.4, 0.5) is 119 Å². The minimum atomic E-state index is -7.57. The molecular weight excluding hydrogens is 982 g/mol. The lowest BCUT2D eigenvalue weighted by Crippen LogP contribution is -2.71. The summed E-state index contributed by atoms with van der Waals surface area (Å²) >= 11 is 0. The van der Waals surface area contributed by atoms with E-state index in [0.29, 0.717) is 0 Å². The van der Waals surface area contributed by atoms with E-state index in [1.807, 2.05) is 0 Å². The van der Waals surface area contributed by atoms with E-state index in [-0.39, 0.29) is 5.97 Å². The van der Waals surface area contributed by atoms with Crippen molar-refractivity contribution in [3.8, 4) is 39.3 Å². The van der Waals surface area contributed by atoms with E-state index in [0.717, 1.165) is 0 Å². The molecule has 0 N–H and O–H groups in total. The van der Waals surface area contributed by atoms with Gasteiger partial charge in [0.05, 0.1) is 16.7 Å². The number of nitrogens with zero attached hydrogens (tertiary/aromatic N) is 1. The van der Waals surface area contributed by atoms with E-state index < -0.39 is 213 Å². The summed E-state index contributed by atoms with van der Waals surface area (Å²) in [6.07, 6.45) is -7.57. The molecule has 1 nitrogen and oxygen atoms in total. The third-order valence-electron chi connectivity index (χ3n) is 9.78. The zero-order valence-corrected chi connectivity index (χ0v) is 29.7. The van der Waals surface area contributed by atoms with Crippen molar-refractivity contribution in [2.75, 3.05) is 0 Å². The maximum absolute atomic E-state index is 16.7. The summed E-state index contributed by atoms with van der Waals surface area (Å²) in [4.78, 5) is 0. The van der Waals surface area contributed by atoms with Crippen LogP contribution in [0, 0.1) is 168 Å². The normalized spacial score (nSPS) is 11.8. The third kappa shape index (κ3) is 6.18. The average molecular weight is 982 g/mol. The molecule has 0 aliphatic heterocycles. The number of hydrogen-bond donors (Lipinski definition) is 0. The maximum Gasteiger partial charge on any atom is 0.200 e. The fourth-order valence-electron chi connectivity index (χ4n) is 7.00. The lowest BCUT2D eigenvalue weighted by molar-refractivity contribution is 0.379. The molecule has 0 saturated heterocycles. The zero-order chi connectivity index (χ0) is 50.0. The van der Waals surface area contributed by atoms with Crippen LogP contribution in [-0.2, 0) is 0 Å². The zero-order valence-electron chi connectivity index (χ0n) is 29.7. The highest BCUT2D eigenvalue weighted by atomic mass is 19.2. The molecule has 6 aromatic carbocycles. The van der Waals surface area contributed by atoms with E-state index in [2.05, 4.69) is 0 Å². The molecule has 0 aliphatic rings. The van der Waals surface area contributed by atoms with Crippen molar-refractivity contribution in [1.29, 1.82) is 5.26 Å². The first kappa shape index (κ1) is 48.4. The second-order valence-corrected chi connectivity index (χ2v) is 13.0. The van der Waals surface area contributed by atoms with Crippen molar-refractivity contribution in [3.05, 3.63) is 157 Å². The van der Waals surface area contributed by atoms with Crippen LogP contribution in [-0.4, -0.2) is 6.15 Å². The summed E-state index contributed by atoms with van der Waals surface area (Å²) < 4.78 is 415. The quantitative estimate of drug-likeness (QED) is 0.0706. The molecular formula is C37BF27N-. The van der Waals surface area contributed by atoms with Crippen molar-refractivity contribution in [3.63, 3.8) is 0 Å². The number of halogens is 27. The molecule has 0 atom stereocenters. The van der Waals surface area contributed by atoms with Crippen LogP contribution in [0.1, 0.15) is 0 Å². The second-order valence-electron chi connectivity index (χ2n) is 13.0. The Morgan fingerprint density at radius 1 is 0.182 bits per heavy atom. The summed E-state index contributed by atoms with van der Waals surface area (Å²) in [7, 11) is 0. The van der Waals surface area contributed by atoms with E-state index >= 15 is 79.0 Å². The van der Waals surface area contributed by atoms with E-state index in [4.69, 9.17) is 0 Å². The topological polar surface area (TPSA) is 23.8 Å². The van der Waals surface area contributed by atoms with Crippen LogP contribution in [0.25, 0.3) is 33.4 Å². The van der Waals surface area contributed by atoms with Crippen molar-refractivity contribution < 1.29 is 119 Å².